The zero-order chi connectivity index (χ0) is 15.4. The number of hydrogen-bond donors (Lipinski definition) is 0. The van der Waals surface area contributed by atoms with Gasteiger partial charge >= 0.3 is 0 Å². The molecular formula is C16H19ClN4O. The number of benzene rings is 1. The Labute approximate surface area is 135 Å². The molecule has 1 atom stereocenters. The Morgan fingerprint density at radius 1 is 1.32 bits per heavy atom. The normalized spacial score (nSPS) is 18.5. The average molecular weight is 319 g/mol. The number of anilines is 1. The van der Waals surface area contributed by atoms with Crippen molar-refractivity contribution in [1.29, 1.82) is 0 Å². The molecule has 1 unspecified atom stereocenters. The first kappa shape index (κ1) is 15.2. The molecular weight excluding hydrogens is 300 g/mol. The van der Waals surface area contributed by atoms with Gasteiger partial charge in [0.25, 0.3) is 0 Å². The highest BCUT2D eigenvalue weighted by Crippen LogP contribution is 2.23. The third kappa shape index (κ3) is 3.54. The number of hydrogen-bond acceptors (Lipinski definition) is 5. The average Bonchev–Trinajstić information content (AvgIpc) is 2.56. The molecule has 2 aromatic rings. The minimum Gasteiger partial charge on any atom is -0.384 e. The number of methoxy groups -OCH3 is 1. The maximum absolute atomic E-state index is 5.93. The third-order valence-electron chi connectivity index (χ3n) is 3.89. The van der Waals surface area contributed by atoms with Gasteiger partial charge in [-0.1, -0.05) is 23.7 Å². The van der Waals surface area contributed by atoms with E-state index in [4.69, 9.17) is 16.3 Å². The van der Waals surface area contributed by atoms with Crippen LogP contribution in [-0.4, -0.2) is 42.0 Å². The Kier molecular flexibility index (Phi) is 4.85. The summed E-state index contributed by atoms with van der Waals surface area (Å²) in [6, 6.07) is 7.60. The van der Waals surface area contributed by atoms with E-state index in [1.165, 1.54) is 6.42 Å². The Morgan fingerprint density at radius 3 is 2.91 bits per heavy atom. The highest BCUT2D eigenvalue weighted by atomic mass is 35.5. The molecule has 0 spiro atoms. The summed E-state index contributed by atoms with van der Waals surface area (Å²) in [7, 11) is 1.75. The molecule has 1 fully saturated rings. The van der Waals surface area contributed by atoms with Crippen LogP contribution in [0.2, 0.25) is 5.02 Å². The highest BCUT2D eigenvalue weighted by Gasteiger charge is 2.22. The molecule has 2 heterocycles. The summed E-state index contributed by atoms with van der Waals surface area (Å²) in [6.07, 6.45) is 4.00. The molecule has 1 aromatic carbocycles. The summed E-state index contributed by atoms with van der Waals surface area (Å²) in [5, 5.41) is 9.02. The molecule has 5 nitrogen and oxygen atoms in total. The van der Waals surface area contributed by atoms with Gasteiger partial charge in [0.15, 0.2) is 0 Å². The first-order valence-electron chi connectivity index (χ1n) is 7.46. The van der Waals surface area contributed by atoms with E-state index in [0.29, 0.717) is 16.9 Å². The van der Waals surface area contributed by atoms with Gasteiger partial charge in [0.2, 0.25) is 5.95 Å². The number of nitrogens with zero attached hydrogens (tertiary/aromatic N) is 4. The quantitative estimate of drug-likeness (QED) is 0.867. The number of rotatable bonds is 4. The van der Waals surface area contributed by atoms with Crippen molar-refractivity contribution in [2.24, 2.45) is 5.92 Å². The second-order valence-electron chi connectivity index (χ2n) is 5.56. The summed E-state index contributed by atoms with van der Waals surface area (Å²) in [6.45, 7) is 2.66. The molecule has 6 heteroatoms. The van der Waals surface area contributed by atoms with E-state index in [9.17, 15) is 0 Å². The standard InChI is InChI=1S/C16H19ClN4O/c1-22-11-12-3-2-8-21(10-12)16-19-15(9-18-20-16)13-4-6-14(17)7-5-13/h4-7,9,12H,2-3,8,10-11H2,1H3. The molecule has 0 saturated carbocycles. The van der Waals surface area contributed by atoms with Crippen molar-refractivity contribution in [3.05, 3.63) is 35.5 Å². The molecule has 0 amide bonds. The smallest absolute Gasteiger partial charge is 0.245 e. The monoisotopic (exact) mass is 318 g/mol. The van der Waals surface area contributed by atoms with Crippen LogP contribution in [-0.2, 0) is 4.74 Å². The zero-order valence-corrected chi connectivity index (χ0v) is 13.3. The Hall–Kier alpha value is -1.72. The van der Waals surface area contributed by atoms with Crippen molar-refractivity contribution >= 4 is 17.5 Å². The number of aromatic nitrogens is 3. The molecule has 1 aliphatic heterocycles. The van der Waals surface area contributed by atoms with Crippen LogP contribution >= 0.6 is 11.6 Å². The van der Waals surface area contributed by atoms with Crippen LogP contribution < -0.4 is 4.90 Å². The molecule has 0 aliphatic carbocycles. The van der Waals surface area contributed by atoms with Crippen molar-refractivity contribution < 1.29 is 4.74 Å². The third-order valence-corrected chi connectivity index (χ3v) is 4.14. The van der Waals surface area contributed by atoms with Gasteiger partial charge in [-0.3, -0.25) is 0 Å². The Balaban J connectivity index is 1.80. The van der Waals surface area contributed by atoms with Gasteiger partial charge < -0.3 is 9.64 Å². The van der Waals surface area contributed by atoms with Crippen LogP contribution in [0.15, 0.2) is 30.5 Å². The predicted molar refractivity (Wildman–Crippen MR) is 87.1 cm³/mol. The molecule has 1 aromatic heterocycles. The fraction of sp³-hybridized carbons (Fsp3) is 0.438. The van der Waals surface area contributed by atoms with Crippen molar-refractivity contribution in [2.45, 2.75) is 12.8 Å². The highest BCUT2D eigenvalue weighted by molar-refractivity contribution is 6.30. The van der Waals surface area contributed by atoms with E-state index in [0.717, 1.165) is 37.4 Å². The first-order chi connectivity index (χ1) is 10.8. The van der Waals surface area contributed by atoms with E-state index < -0.39 is 0 Å². The zero-order valence-electron chi connectivity index (χ0n) is 12.6. The second-order valence-corrected chi connectivity index (χ2v) is 5.99. The van der Waals surface area contributed by atoms with E-state index in [1.54, 1.807) is 13.3 Å². The molecule has 22 heavy (non-hydrogen) atoms. The van der Waals surface area contributed by atoms with Crippen LogP contribution in [0.25, 0.3) is 11.3 Å². The lowest BCUT2D eigenvalue weighted by Crippen LogP contribution is -2.38. The van der Waals surface area contributed by atoms with Crippen molar-refractivity contribution in [2.75, 3.05) is 31.7 Å². The molecule has 1 aliphatic rings. The number of halogens is 1. The van der Waals surface area contributed by atoms with Gasteiger partial charge in [-0.25, -0.2) is 4.98 Å². The van der Waals surface area contributed by atoms with Crippen LogP contribution in [0, 0.1) is 5.92 Å². The fourth-order valence-electron chi connectivity index (χ4n) is 2.81. The van der Waals surface area contributed by atoms with E-state index in [-0.39, 0.29) is 0 Å². The number of piperidine rings is 1. The maximum atomic E-state index is 5.93. The lowest BCUT2D eigenvalue weighted by molar-refractivity contribution is 0.143. The minimum absolute atomic E-state index is 0.529. The van der Waals surface area contributed by atoms with Gasteiger partial charge in [-0.15, -0.1) is 5.10 Å². The van der Waals surface area contributed by atoms with E-state index in [1.807, 2.05) is 24.3 Å². The van der Waals surface area contributed by atoms with Crippen molar-refractivity contribution in [1.82, 2.24) is 15.2 Å². The fourth-order valence-corrected chi connectivity index (χ4v) is 2.93. The lowest BCUT2D eigenvalue weighted by Gasteiger charge is -2.32. The van der Waals surface area contributed by atoms with Crippen LogP contribution in [0.4, 0.5) is 5.95 Å². The SMILES string of the molecule is COCC1CCCN(c2nncc(-c3ccc(Cl)cc3)n2)C1. The Bertz CT molecular complexity index is 618. The van der Waals surface area contributed by atoms with E-state index >= 15 is 0 Å². The van der Waals surface area contributed by atoms with Crippen LogP contribution in [0.3, 0.4) is 0 Å². The largest absolute Gasteiger partial charge is 0.384 e. The number of ether oxygens (including phenoxy) is 1. The molecule has 1 saturated heterocycles. The summed E-state index contributed by atoms with van der Waals surface area (Å²) in [4.78, 5) is 6.85. The maximum Gasteiger partial charge on any atom is 0.245 e. The van der Waals surface area contributed by atoms with Gasteiger partial charge in [0.1, 0.15) is 0 Å². The predicted octanol–water partition coefficient (Wildman–Crippen LogP) is 3.05. The molecule has 0 bridgehead atoms. The topological polar surface area (TPSA) is 51.1 Å². The van der Waals surface area contributed by atoms with Crippen molar-refractivity contribution in [3.8, 4) is 11.3 Å². The Morgan fingerprint density at radius 2 is 2.14 bits per heavy atom. The molecule has 0 radical (unpaired) electrons. The second kappa shape index (κ2) is 7.03. The first-order valence-corrected chi connectivity index (χ1v) is 7.83. The molecule has 3 rings (SSSR count). The van der Waals surface area contributed by atoms with E-state index in [2.05, 4.69) is 20.1 Å². The molecule has 0 N–H and O–H groups in total. The van der Waals surface area contributed by atoms with Crippen LogP contribution in [0.1, 0.15) is 12.8 Å². The van der Waals surface area contributed by atoms with Gasteiger partial charge in [0, 0.05) is 30.8 Å². The summed E-state index contributed by atoms with van der Waals surface area (Å²) in [5.41, 5.74) is 1.81. The van der Waals surface area contributed by atoms with Crippen LogP contribution in [0.5, 0.6) is 0 Å². The summed E-state index contributed by atoms with van der Waals surface area (Å²) in [5.74, 6) is 1.22. The minimum atomic E-state index is 0.529. The summed E-state index contributed by atoms with van der Waals surface area (Å²) < 4.78 is 5.27. The van der Waals surface area contributed by atoms with Gasteiger partial charge in [0.05, 0.1) is 18.5 Å². The van der Waals surface area contributed by atoms with Crippen molar-refractivity contribution in [3.63, 3.8) is 0 Å². The lowest BCUT2D eigenvalue weighted by atomic mass is 9.99. The molecule has 116 valence electrons. The van der Waals surface area contributed by atoms with Gasteiger partial charge in [-0.2, -0.15) is 5.10 Å². The summed E-state index contributed by atoms with van der Waals surface area (Å²) >= 11 is 5.93. The van der Waals surface area contributed by atoms with Gasteiger partial charge in [-0.05, 0) is 30.9 Å².